The molecule has 6 nitrogen and oxygen atoms in total. The molecule has 10 aromatic rings. The number of benzene rings is 6. The number of furan rings is 3. The monoisotopic (exact) mass is 713 g/mol. The molecule has 4 aromatic heterocycles. The lowest BCUT2D eigenvalue weighted by atomic mass is 9.48. The minimum absolute atomic E-state index is 0.290. The SMILES string of the molecule is c1ccc2c(c1)oc1c(-c3nc(-c4cccc5c4oc4ccccc45)nc(-c4cccc5c4oc4cc(C67CC8CC(CC(C8)C6)C7)ccc45)n3)cccc12. The van der Waals surface area contributed by atoms with Crippen molar-refractivity contribution in [1.29, 1.82) is 0 Å². The lowest BCUT2D eigenvalue weighted by molar-refractivity contribution is -0.00515. The molecule has 4 fully saturated rings. The smallest absolute Gasteiger partial charge is 0.167 e. The van der Waals surface area contributed by atoms with E-state index in [0.717, 1.165) is 100 Å². The highest BCUT2D eigenvalue weighted by molar-refractivity contribution is 6.12. The van der Waals surface area contributed by atoms with Gasteiger partial charge in [0.15, 0.2) is 17.5 Å². The van der Waals surface area contributed by atoms with Crippen LogP contribution in [0, 0.1) is 17.8 Å². The Bertz CT molecular complexity index is 3050. The van der Waals surface area contributed by atoms with E-state index in [0.29, 0.717) is 17.5 Å². The Kier molecular flexibility index (Phi) is 5.97. The van der Waals surface area contributed by atoms with Crippen molar-refractivity contribution in [3.63, 3.8) is 0 Å². The van der Waals surface area contributed by atoms with E-state index >= 15 is 0 Å². The summed E-state index contributed by atoms with van der Waals surface area (Å²) >= 11 is 0. The highest BCUT2D eigenvalue weighted by Crippen LogP contribution is 2.61. The van der Waals surface area contributed by atoms with Gasteiger partial charge < -0.3 is 13.3 Å². The van der Waals surface area contributed by atoms with Crippen LogP contribution in [0.2, 0.25) is 0 Å². The largest absolute Gasteiger partial charge is 0.455 e. The van der Waals surface area contributed by atoms with Gasteiger partial charge in [0.05, 0.1) is 16.7 Å². The second-order valence-electron chi connectivity index (χ2n) is 16.6. The van der Waals surface area contributed by atoms with Crippen LogP contribution in [0.1, 0.15) is 44.1 Å². The van der Waals surface area contributed by atoms with Gasteiger partial charge in [-0.1, -0.05) is 84.9 Å². The van der Waals surface area contributed by atoms with E-state index in [1.807, 2.05) is 60.7 Å². The van der Waals surface area contributed by atoms with Crippen LogP contribution in [0.15, 0.2) is 135 Å². The van der Waals surface area contributed by atoms with E-state index in [-0.39, 0.29) is 5.41 Å². The summed E-state index contributed by atoms with van der Waals surface area (Å²) in [6.07, 6.45) is 8.26. The Hall–Kier alpha value is -6.27. The Morgan fingerprint density at radius 2 is 0.800 bits per heavy atom. The number of rotatable bonds is 4. The van der Waals surface area contributed by atoms with Gasteiger partial charge in [-0.15, -0.1) is 0 Å². The third-order valence-corrected chi connectivity index (χ3v) is 13.3. The summed E-state index contributed by atoms with van der Waals surface area (Å²) < 4.78 is 19.9. The molecule has 14 rings (SSSR count). The number of aromatic nitrogens is 3. The van der Waals surface area contributed by atoms with Gasteiger partial charge in [-0.25, -0.2) is 15.0 Å². The molecule has 0 aliphatic heterocycles. The first-order chi connectivity index (χ1) is 27.1. The molecule has 4 aliphatic rings. The molecular weight excluding hydrogens is 679 g/mol. The molecule has 55 heavy (non-hydrogen) atoms. The molecule has 264 valence electrons. The van der Waals surface area contributed by atoms with Crippen molar-refractivity contribution < 1.29 is 13.3 Å². The highest BCUT2D eigenvalue weighted by Gasteiger charge is 2.51. The molecule has 4 saturated carbocycles. The van der Waals surface area contributed by atoms with Crippen LogP contribution >= 0.6 is 0 Å². The van der Waals surface area contributed by atoms with Crippen LogP contribution in [0.4, 0.5) is 0 Å². The van der Waals surface area contributed by atoms with Crippen LogP contribution < -0.4 is 0 Å². The predicted molar refractivity (Wildman–Crippen MR) is 218 cm³/mol. The Morgan fingerprint density at radius 1 is 0.400 bits per heavy atom. The van der Waals surface area contributed by atoms with Gasteiger partial charge in [0.2, 0.25) is 0 Å². The van der Waals surface area contributed by atoms with Crippen molar-refractivity contribution >= 4 is 65.8 Å². The third-order valence-electron chi connectivity index (χ3n) is 13.3. The minimum atomic E-state index is 0.290. The topological polar surface area (TPSA) is 78.1 Å². The molecule has 0 unspecified atom stereocenters. The van der Waals surface area contributed by atoms with E-state index in [4.69, 9.17) is 28.2 Å². The van der Waals surface area contributed by atoms with Crippen LogP contribution in [0.25, 0.3) is 100.0 Å². The number of nitrogens with zero attached hydrogens (tertiary/aromatic N) is 3. The molecule has 0 atom stereocenters. The van der Waals surface area contributed by atoms with Crippen LogP contribution in [0.3, 0.4) is 0 Å². The van der Waals surface area contributed by atoms with E-state index in [9.17, 15) is 0 Å². The minimum Gasteiger partial charge on any atom is -0.455 e. The molecule has 4 aliphatic carbocycles. The predicted octanol–water partition coefficient (Wildman–Crippen LogP) is 13.0. The fourth-order valence-corrected chi connectivity index (χ4v) is 11.4. The van der Waals surface area contributed by atoms with Crippen molar-refractivity contribution in [2.75, 3.05) is 0 Å². The maximum Gasteiger partial charge on any atom is 0.167 e. The van der Waals surface area contributed by atoms with Gasteiger partial charge in [0.1, 0.15) is 33.5 Å². The quantitative estimate of drug-likeness (QED) is 0.181. The van der Waals surface area contributed by atoms with Gasteiger partial charge in [0, 0.05) is 32.3 Å². The zero-order valence-electron chi connectivity index (χ0n) is 30.1. The van der Waals surface area contributed by atoms with Gasteiger partial charge in [0.25, 0.3) is 0 Å². The molecule has 0 N–H and O–H groups in total. The Morgan fingerprint density at radius 3 is 1.27 bits per heavy atom. The van der Waals surface area contributed by atoms with Crippen molar-refractivity contribution in [1.82, 2.24) is 15.0 Å². The maximum atomic E-state index is 6.92. The molecular formula is C49H35N3O3. The van der Waals surface area contributed by atoms with Crippen LogP contribution in [-0.2, 0) is 5.41 Å². The number of hydrogen-bond acceptors (Lipinski definition) is 6. The standard InChI is InChI=1S/C49H35N3O3/c1-3-16-40-31(8-1)34-10-5-13-37(43(34)53-40)46-50-47(38-14-6-11-35-32-9-2-4-17-41(32)54-44(35)38)52-48(51-46)39-15-7-12-36-33-19-18-30(23-42(33)55-45(36)39)49-24-27-20-28(25-49)22-29(21-27)26-49/h1-19,23,27-29H,20-22,24-26H2. The van der Waals surface area contributed by atoms with E-state index < -0.39 is 0 Å². The normalized spacial score (nSPS) is 22.0. The maximum absolute atomic E-state index is 6.92. The lowest BCUT2D eigenvalue weighted by Gasteiger charge is -2.57. The number of fused-ring (bicyclic) bond motifs is 9. The van der Waals surface area contributed by atoms with Crippen molar-refractivity contribution in [2.45, 2.75) is 43.9 Å². The number of hydrogen-bond donors (Lipinski definition) is 0. The molecule has 4 heterocycles. The lowest BCUT2D eigenvalue weighted by Crippen LogP contribution is -2.48. The summed E-state index contributed by atoms with van der Waals surface area (Å²) in [5, 5.41) is 6.34. The van der Waals surface area contributed by atoms with Crippen LogP contribution in [0.5, 0.6) is 0 Å². The third kappa shape index (κ3) is 4.34. The zero-order valence-corrected chi connectivity index (χ0v) is 30.1. The summed E-state index contributed by atoms with van der Waals surface area (Å²) in [6.45, 7) is 0. The van der Waals surface area contributed by atoms with Gasteiger partial charge in [-0.2, -0.15) is 0 Å². The van der Waals surface area contributed by atoms with Gasteiger partial charge >= 0.3 is 0 Å². The molecule has 0 spiro atoms. The van der Waals surface area contributed by atoms with E-state index in [2.05, 4.69) is 60.7 Å². The molecule has 4 bridgehead atoms. The summed E-state index contributed by atoms with van der Waals surface area (Å²) in [5.41, 5.74) is 9.03. The van der Waals surface area contributed by atoms with Crippen LogP contribution in [-0.4, -0.2) is 15.0 Å². The second-order valence-corrected chi connectivity index (χ2v) is 16.6. The zero-order chi connectivity index (χ0) is 35.8. The average molecular weight is 714 g/mol. The molecule has 0 saturated heterocycles. The summed E-state index contributed by atoms with van der Waals surface area (Å²) in [7, 11) is 0. The van der Waals surface area contributed by atoms with Gasteiger partial charge in [-0.3, -0.25) is 0 Å². The number of para-hydroxylation sites is 5. The first-order valence-electron chi connectivity index (χ1n) is 19.7. The van der Waals surface area contributed by atoms with E-state index in [1.165, 1.54) is 44.1 Å². The first kappa shape index (κ1) is 30.1. The van der Waals surface area contributed by atoms with E-state index in [1.54, 1.807) is 0 Å². The van der Waals surface area contributed by atoms with Crippen molar-refractivity contribution in [3.8, 4) is 34.2 Å². The first-order valence-corrected chi connectivity index (χ1v) is 19.7. The second kappa shape index (κ2) is 10.9. The molecule has 0 amide bonds. The fraction of sp³-hybridized carbons (Fsp3) is 0.204. The summed E-state index contributed by atoms with van der Waals surface area (Å²) in [4.78, 5) is 15.7. The highest BCUT2D eigenvalue weighted by atomic mass is 16.3. The fourth-order valence-electron chi connectivity index (χ4n) is 11.4. The Balaban J connectivity index is 1.03. The average Bonchev–Trinajstić information content (AvgIpc) is 3.91. The summed E-state index contributed by atoms with van der Waals surface area (Å²) in [6, 6.07) is 42.0. The van der Waals surface area contributed by atoms with Crippen molar-refractivity contribution in [3.05, 3.63) is 127 Å². The Labute approximate surface area is 315 Å². The van der Waals surface area contributed by atoms with Gasteiger partial charge in [-0.05, 0) is 104 Å². The van der Waals surface area contributed by atoms with Crippen molar-refractivity contribution in [2.24, 2.45) is 17.8 Å². The summed E-state index contributed by atoms with van der Waals surface area (Å²) in [5.74, 6) is 4.23. The molecule has 6 aromatic carbocycles. The molecule has 6 heteroatoms. The molecule has 0 radical (unpaired) electrons.